The SMILES string of the molecule is CCCCOCCCNC(=O)c1ccc(C)cc1NN. The molecule has 0 aliphatic rings. The lowest BCUT2D eigenvalue weighted by molar-refractivity contribution is 0.0941. The van der Waals surface area contributed by atoms with Crippen LogP contribution < -0.4 is 16.6 Å². The van der Waals surface area contributed by atoms with E-state index >= 15 is 0 Å². The predicted octanol–water partition coefficient (Wildman–Crippen LogP) is 2.22. The minimum atomic E-state index is -0.119. The monoisotopic (exact) mass is 279 g/mol. The van der Waals surface area contributed by atoms with Crippen LogP contribution in [0.15, 0.2) is 18.2 Å². The zero-order valence-electron chi connectivity index (χ0n) is 12.4. The van der Waals surface area contributed by atoms with Crippen LogP contribution in [0.2, 0.25) is 0 Å². The van der Waals surface area contributed by atoms with Crippen molar-refractivity contribution in [2.45, 2.75) is 33.1 Å². The topological polar surface area (TPSA) is 76.4 Å². The molecule has 1 amide bonds. The number of nitrogens with one attached hydrogen (secondary N) is 2. The molecule has 4 N–H and O–H groups in total. The molecule has 0 atom stereocenters. The third-order valence-corrected chi connectivity index (χ3v) is 2.97. The van der Waals surface area contributed by atoms with Crippen LogP contribution in [0.5, 0.6) is 0 Å². The van der Waals surface area contributed by atoms with Gasteiger partial charge in [-0.1, -0.05) is 19.4 Å². The van der Waals surface area contributed by atoms with Gasteiger partial charge in [-0.05, 0) is 37.5 Å². The molecule has 1 aromatic carbocycles. The Morgan fingerprint density at radius 2 is 2.05 bits per heavy atom. The average molecular weight is 279 g/mol. The van der Waals surface area contributed by atoms with Crippen LogP contribution >= 0.6 is 0 Å². The van der Waals surface area contributed by atoms with Crippen LogP contribution in [0.3, 0.4) is 0 Å². The van der Waals surface area contributed by atoms with Crippen molar-refractivity contribution in [2.24, 2.45) is 5.84 Å². The zero-order chi connectivity index (χ0) is 14.8. The summed E-state index contributed by atoms with van der Waals surface area (Å²) in [6.45, 7) is 6.16. The van der Waals surface area contributed by atoms with Gasteiger partial charge in [0.25, 0.3) is 5.91 Å². The fourth-order valence-corrected chi connectivity index (χ4v) is 1.80. The number of nitrogen functional groups attached to an aromatic ring is 1. The molecule has 20 heavy (non-hydrogen) atoms. The normalized spacial score (nSPS) is 10.3. The molecule has 0 aliphatic carbocycles. The van der Waals surface area contributed by atoms with Crippen molar-refractivity contribution in [3.05, 3.63) is 29.3 Å². The number of amides is 1. The lowest BCUT2D eigenvalue weighted by Gasteiger charge is -2.10. The van der Waals surface area contributed by atoms with Gasteiger partial charge in [0, 0.05) is 19.8 Å². The van der Waals surface area contributed by atoms with Gasteiger partial charge in [0.1, 0.15) is 0 Å². The molecule has 0 spiro atoms. The first-order chi connectivity index (χ1) is 9.69. The minimum absolute atomic E-state index is 0.119. The second-order valence-corrected chi connectivity index (χ2v) is 4.77. The van der Waals surface area contributed by atoms with E-state index in [0.29, 0.717) is 24.4 Å². The molecular weight excluding hydrogens is 254 g/mol. The first kappa shape index (κ1) is 16.5. The van der Waals surface area contributed by atoms with Crippen LogP contribution in [0.4, 0.5) is 5.69 Å². The highest BCUT2D eigenvalue weighted by Crippen LogP contribution is 2.16. The quantitative estimate of drug-likeness (QED) is 0.368. The third kappa shape index (κ3) is 5.59. The third-order valence-electron chi connectivity index (χ3n) is 2.97. The molecule has 0 fully saturated rings. The lowest BCUT2D eigenvalue weighted by Crippen LogP contribution is -2.27. The Hall–Kier alpha value is -1.59. The molecule has 0 radical (unpaired) electrons. The Balaban J connectivity index is 2.32. The van der Waals surface area contributed by atoms with Gasteiger partial charge < -0.3 is 15.5 Å². The summed E-state index contributed by atoms with van der Waals surface area (Å²) in [5.41, 5.74) is 4.81. The Bertz CT molecular complexity index is 422. The second-order valence-electron chi connectivity index (χ2n) is 4.77. The van der Waals surface area contributed by atoms with E-state index in [2.05, 4.69) is 17.7 Å². The first-order valence-corrected chi connectivity index (χ1v) is 7.12. The number of hydrogen-bond donors (Lipinski definition) is 3. The number of nitrogens with two attached hydrogens (primary N) is 1. The highest BCUT2D eigenvalue weighted by atomic mass is 16.5. The number of anilines is 1. The fraction of sp³-hybridized carbons (Fsp3) is 0.533. The van der Waals surface area contributed by atoms with Gasteiger partial charge in [-0.15, -0.1) is 0 Å². The van der Waals surface area contributed by atoms with E-state index in [0.717, 1.165) is 31.4 Å². The molecule has 5 heteroatoms. The molecule has 0 bridgehead atoms. The van der Waals surface area contributed by atoms with Gasteiger partial charge in [-0.25, -0.2) is 0 Å². The number of benzene rings is 1. The molecule has 0 saturated heterocycles. The maximum absolute atomic E-state index is 12.0. The van der Waals surface area contributed by atoms with Crippen molar-refractivity contribution in [1.29, 1.82) is 0 Å². The average Bonchev–Trinajstić information content (AvgIpc) is 2.45. The highest BCUT2D eigenvalue weighted by Gasteiger charge is 2.10. The molecule has 5 nitrogen and oxygen atoms in total. The van der Waals surface area contributed by atoms with Gasteiger partial charge in [-0.2, -0.15) is 0 Å². The van der Waals surface area contributed by atoms with Crippen molar-refractivity contribution in [3.63, 3.8) is 0 Å². The Labute approximate surface area is 120 Å². The van der Waals surface area contributed by atoms with Crippen molar-refractivity contribution in [3.8, 4) is 0 Å². The van der Waals surface area contributed by atoms with Crippen LogP contribution in [-0.2, 0) is 4.74 Å². The molecular formula is C15H25N3O2. The number of carbonyl (C=O) groups excluding carboxylic acids is 1. The molecule has 112 valence electrons. The Morgan fingerprint density at radius 1 is 1.30 bits per heavy atom. The standard InChI is InChI=1S/C15H25N3O2/c1-3-4-9-20-10-5-8-17-15(19)13-7-6-12(2)11-14(13)18-16/h6-7,11,18H,3-5,8-10,16H2,1-2H3,(H,17,19). The molecule has 0 aliphatic heterocycles. The summed E-state index contributed by atoms with van der Waals surface area (Å²) in [5.74, 6) is 5.31. The van der Waals surface area contributed by atoms with E-state index in [-0.39, 0.29) is 5.91 Å². The maximum Gasteiger partial charge on any atom is 0.253 e. The number of carbonyl (C=O) groups is 1. The second kappa shape index (κ2) is 9.34. The maximum atomic E-state index is 12.0. The summed E-state index contributed by atoms with van der Waals surface area (Å²) in [7, 11) is 0. The van der Waals surface area contributed by atoms with Crippen molar-refractivity contribution in [2.75, 3.05) is 25.2 Å². The molecule has 0 unspecified atom stereocenters. The van der Waals surface area contributed by atoms with E-state index in [4.69, 9.17) is 10.6 Å². The summed E-state index contributed by atoms with van der Waals surface area (Å²) in [6.07, 6.45) is 3.03. The molecule has 0 aromatic heterocycles. The van der Waals surface area contributed by atoms with Crippen molar-refractivity contribution < 1.29 is 9.53 Å². The van der Waals surface area contributed by atoms with Crippen LogP contribution in [0.1, 0.15) is 42.1 Å². The van der Waals surface area contributed by atoms with Crippen LogP contribution in [0, 0.1) is 6.92 Å². The number of rotatable bonds is 9. The zero-order valence-corrected chi connectivity index (χ0v) is 12.4. The molecule has 1 rings (SSSR count). The lowest BCUT2D eigenvalue weighted by atomic mass is 10.1. The number of unbranched alkanes of at least 4 members (excludes halogenated alkanes) is 1. The smallest absolute Gasteiger partial charge is 0.253 e. The number of aryl methyl sites for hydroxylation is 1. The van der Waals surface area contributed by atoms with E-state index in [1.807, 2.05) is 19.1 Å². The summed E-state index contributed by atoms with van der Waals surface area (Å²) in [6, 6.07) is 5.52. The number of hydrazine groups is 1. The van der Waals surface area contributed by atoms with Gasteiger partial charge >= 0.3 is 0 Å². The Kier molecular flexibility index (Phi) is 7.69. The summed E-state index contributed by atoms with van der Waals surface area (Å²) in [4.78, 5) is 12.0. The van der Waals surface area contributed by atoms with Gasteiger partial charge in [0.05, 0.1) is 11.3 Å². The predicted molar refractivity (Wildman–Crippen MR) is 81.7 cm³/mol. The highest BCUT2D eigenvalue weighted by molar-refractivity contribution is 5.99. The van der Waals surface area contributed by atoms with Crippen molar-refractivity contribution in [1.82, 2.24) is 5.32 Å². The van der Waals surface area contributed by atoms with Gasteiger partial charge in [0.2, 0.25) is 0 Å². The van der Waals surface area contributed by atoms with E-state index < -0.39 is 0 Å². The van der Waals surface area contributed by atoms with Crippen LogP contribution in [0.25, 0.3) is 0 Å². The fourth-order valence-electron chi connectivity index (χ4n) is 1.80. The first-order valence-electron chi connectivity index (χ1n) is 7.12. The van der Waals surface area contributed by atoms with Gasteiger partial charge in [-0.3, -0.25) is 10.6 Å². The van der Waals surface area contributed by atoms with E-state index in [1.54, 1.807) is 6.07 Å². The molecule has 1 aromatic rings. The van der Waals surface area contributed by atoms with Crippen LogP contribution in [-0.4, -0.2) is 25.7 Å². The number of ether oxygens (including phenoxy) is 1. The summed E-state index contributed by atoms with van der Waals surface area (Å²) < 4.78 is 5.44. The summed E-state index contributed by atoms with van der Waals surface area (Å²) in [5, 5.41) is 2.87. The largest absolute Gasteiger partial charge is 0.381 e. The van der Waals surface area contributed by atoms with Gasteiger partial charge in [0.15, 0.2) is 0 Å². The number of hydrogen-bond acceptors (Lipinski definition) is 4. The van der Waals surface area contributed by atoms with E-state index in [1.165, 1.54) is 0 Å². The molecule has 0 saturated carbocycles. The van der Waals surface area contributed by atoms with E-state index in [9.17, 15) is 4.79 Å². The van der Waals surface area contributed by atoms with Crippen molar-refractivity contribution >= 4 is 11.6 Å². The molecule has 0 heterocycles. The Morgan fingerprint density at radius 3 is 2.75 bits per heavy atom. The summed E-state index contributed by atoms with van der Waals surface area (Å²) >= 11 is 0. The minimum Gasteiger partial charge on any atom is -0.381 e.